The molecule has 136 valence electrons. The van der Waals surface area contributed by atoms with Gasteiger partial charge in [0.2, 0.25) is 5.95 Å². The SMILES string of the molecule is C[C@@H](Nc1c(C#N)cnc2ccc(-c3cnc(N)nc3)cc12)c1ccccc1. The smallest absolute Gasteiger partial charge is 0.219 e. The lowest BCUT2D eigenvalue weighted by Gasteiger charge is -2.18. The molecule has 2 heterocycles. The third-order valence-corrected chi connectivity index (χ3v) is 4.65. The first kappa shape index (κ1) is 17.4. The fourth-order valence-corrected chi connectivity index (χ4v) is 3.14. The number of nitriles is 1. The highest BCUT2D eigenvalue weighted by atomic mass is 15.0. The monoisotopic (exact) mass is 366 g/mol. The number of benzene rings is 2. The molecule has 6 nitrogen and oxygen atoms in total. The van der Waals surface area contributed by atoms with Crippen LogP contribution < -0.4 is 11.1 Å². The molecule has 0 aliphatic heterocycles. The van der Waals surface area contributed by atoms with Gasteiger partial charge in [-0.3, -0.25) is 4.98 Å². The summed E-state index contributed by atoms with van der Waals surface area (Å²) in [5.74, 6) is 0.233. The van der Waals surface area contributed by atoms with Crippen LogP contribution in [0.4, 0.5) is 11.6 Å². The molecule has 0 spiro atoms. The predicted octanol–water partition coefficient (Wildman–Crippen LogP) is 4.32. The lowest BCUT2D eigenvalue weighted by Crippen LogP contribution is -2.08. The summed E-state index contributed by atoms with van der Waals surface area (Å²) in [4.78, 5) is 12.6. The number of hydrogen-bond acceptors (Lipinski definition) is 6. The van der Waals surface area contributed by atoms with E-state index in [1.165, 1.54) is 0 Å². The Kier molecular flexibility index (Phi) is 4.56. The van der Waals surface area contributed by atoms with Crippen molar-refractivity contribution in [2.24, 2.45) is 0 Å². The third-order valence-electron chi connectivity index (χ3n) is 4.65. The van der Waals surface area contributed by atoms with E-state index >= 15 is 0 Å². The van der Waals surface area contributed by atoms with E-state index < -0.39 is 0 Å². The van der Waals surface area contributed by atoms with E-state index in [4.69, 9.17) is 5.73 Å². The topological polar surface area (TPSA) is 101 Å². The zero-order valence-corrected chi connectivity index (χ0v) is 15.3. The molecule has 28 heavy (non-hydrogen) atoms. The number of nitrogens with zero attached hydrogens (tertiary/aromatic N) is 4. The van der Waals surface area contributed by atoms with Gasteiger partial charge in [-0.2, -0.15) is 5.26 Å². The molecule has 0 saturated carbocycles. The van der Waals surface area contributed by atoms with Gasteiger partial charge >= 0.3 is 0 Å². The average Bonchev–Trinajstić information content (AvgIpc) is 2.75. The van der Waals surface area contributed by atoms with Crippen LogP contribution in [0.1, 0.15) is 24.1 Å². The first-order chi connectivity index (χ1) is 13.7. The highest BCUT2D eigenvalue weighted by molar-refractivity contribution is 5.96. The largest absolute Gasteiger partial charge is 0.377 e. The number of pyridine rings is 1. The molecule has 4 rings (SSSR count). The summed E-state index contributed by atoms with van der Waals surface area (Å²) in [5, 5.41) is 14.0. The number of fused-ring (bicyclic) bond motifs is 1. The molecular weight excluding hydrogens is 348 g/mol. The van der Waals surface area contributed by atoms with Crippen LogP contribution >= 0.6 is 0 Å². The van der Waals surface area contributed by atoms with Crippen LogP contribution in [0.25, 0.3) is 22.0 Å². The molecule has 0 bridgehead atoms. The Balaban J connectivity index is 1.82. The minimum Gasteiger partial charge on any atom is -0.377 e. The summed E-state index contributed by atoms with van der Waals surface area (Å²) in [7, 11) is 0. The van der Waals surface area contributed by atoms with Crippen LogP contribution in [-0.2, 0) is 0 Å². The van der Waals surface area contributed by atoms with Gasteiger partial charge in [0.05, 0.1) is 16.8 Å². The van der Waals surface area contributed by atoms with Gasteiger partial charge in [0.1, 0.15) is 6.07 Å². The number of nitrogens with one attached hydrogen (secondary N) is 1. The summed E-state index contributed by atoms with van der Waals surface area (Å²) in [6, 6.07) is 18.3. The van der Waals surface area contributed by atoms with Crippen molar-refractivity contribution in [2.45, 2.75) is 13.0 Å². The second kappa shape index (κ2) is 7.33. The van der Waals surface area contributed by atoms with E-state index in [1.807, 2.05) is 36.4 Å². The summed E-state index contributed by atoms with van der Waals surface area (Å²) in [6.45, 7) is 2.07. The third kappa shape index (κ3) is 3.33. The number of nitrogen functional groups attached to an aromatic ring is 1. The highest BCUT2D eigenvalue weighted by Gasteiger charge is 2.14. The van der Waals surface area contributed by atoms with E-state index in [2.05, 4.69) is 45.4 Å². The number of hydrogen-bond donors (Lipinski definition) is 2. The molecule has 0 saturated heterocycles. The van der Waals surface area contributed by atoms with E-state index in [0.29, 0.717) is 5.56 Å². The van der Waals surface area contributed by atoms with Crippen LogP contribution in [0.5, 0.6) is 0 Å². The Morgan fingerprint density at radius 2 is 1.71 bits per heavy atom. The fraction of sp³-hybridized carbons (Fsp3) is 0.0909. The first-order valence-electron chi connectivity index (χ1n) is 8.88. The van der Waals surface area contributed by atoms with Crippen molar-refractivity contribution in [2.75, 3.05) is 11.1 Å². The maximum atomic E-state index is 9.61. The van der Waals surface area contributed by atoms with Crippen LogP contribution in [0.2, 0.25) is 0 Å². The molecule has 3 N–H and O–H groups in total. The molecule has 2 aromatic carbocycles. The zero-order chi connectivity index (χ0) is 19.5. The van der Waals surface area contributed by atoms with Crippen molar-refractivity contribution in [1.82, 2.24) is 15.0 Å². The van der Waals surface area contributed by atoms with Crippen molar-refractivity contribution >= 4 is 22.5 Å². The minimum atomic E-state index is 0.0300. The van der Waals surface area contributed by atoms with Crippen molar-refractivity contribution in [3.63, 3.8) is 0 Å². The van der Waals surface area contributed by atoms with Gasteiger partial charge in [-0.15, -0.1) is 0 Å². The van der Waals surface area contributed by atoms with Crippen LogP contribution in [0.3, 0.4) is 0 Å². The normalized spacial score (nSPS) is 11.7. The molecule has 1 atom stereocenters. The second-order valence-electron chi connectivity index (χ2n) is 6.50. The quantitative estimate of drug-likeness (QED) is 0.558. The second-order valence-corrected chi connectivity index (χ2v) is 6.50. The first-order valence-corrected chi connectivity index (χ1v) is 8.88. The molecule has 6 heteroatoms. The molecule has 0 aliphatic carbocycles. The van der Waals surface area contributed by atoms with E-state index in [9.17, 15) is 5.26 Å². The van der Waals surface area contributed by atoms with E-state index in [1.54, 1.807) is 18.6 Å². The number of nitrogens with two attached hydrogens (primary N) is 1. The predicted molar refractivity (Wildman–Crippen MR) is 110 cm³/mol. The van der Waals surface area contributed by atoms with Gasteiger partial charge in [-0.25, -0.2) is 9.97 Å². The van der Waals surface area contributed by atoms with E-state index in [0.717, 1.165) is 33.3 Å². The van der Waals surface area contributed by atoms with Crippen LogP contribution in [0, 0.1) is 11.3 Å². The Morgan fingerprint density at radius 3 is 2.43 bits per heavy atom. The molecule has 0 unspecified atom stereocenters. The Bertz CT molecular complexity index is 1160. The van der Waals surface area contributed by atoms with Crippen LogP contribution in [0.15, 0.2) is 67.1 Å². The average molecular weight is 366 g/mol. The molecule has 4 aromatic rings. The maximum absolute atomic E-state index is 9.61. The van der Waals surface area contributed by atoms with Crippen molar-refractivity contribution in [3.05, 3.63) is 78.2 Å². The molecule has 0 radical (unpaired) electrons. The van der Waals surface area contributed by atoms with Crippen LogP contribution in [-0.4, -0.2) is 15.0 Å². The van der Waals surface area contributed by atoms with Gasteiger partial charge in [0.15, 0.2) is 0 Å². The van der Waals surface area contributed by atoms with Crippen molar-refractivity contribution in [1.29, 1.82) is 5.26 Å². The minimum absolute atomic E-state index is 0.0300. The Morgan fingerprint density at radius 1 is 0.964 bits per heavy atom. The lowest BCUT2D eigenvalue weighted by molar-refractivity contribution is 0.885. The van der Waals surface area contributed by atoms with Gasteiger partial charge in [0, 0.05) is 35.6 Å². The highest BCUT2D eigenvalue weighted by Crippen LogP contribution is 2.32. The summed E-state index contributed by atoms with van der Waals surface area (Å²) < 4.78 is 0. The van der Waals surface area contributed by atoms with Gasteiger partial charge in [-0.1, -0.05) is 36.4 Å². The zero-order valence-electron chi connectivity index (χ0n) is 15.3. The number of aromatic nitrogens is 3. The van der Waals surface area contributed by atoms with E-state index in [-0.39, 0.29) is 12.0 Å². The number of rotatable bonds is 4. The van der Waals surface area contributed by atoms with Gasteiger partial charge in [-0.05, 0) is 30.2 Å². The van der Waals surface area contributed by atoms with Gasteiger partial charge < -0.3 is 11.1 Å². The summed E-state index contributed by atoms with van der Waals surface area (Å²) in [5.41, 5.74) is 10.6. The standard InChI is InChI=1S/C22H18N6/c1-14(15-5-3-2-4-6-15)28-21-17(10-23)11-25-20-8-7-16(9-19(20)21)18-12-26-22(24)27-13-18/h2-9,11-14H,1H3,(H,25,28)(H2,24,26,27)/t14-/m1/s1. The van der Waals surface area contributed by atoms with Crippen molar-refractivity contribution in [3.8, 4) is 17.2 Å². The molecule has 0 aliphatic rings. The molecular formula is C22H18N6. The fourth-order valence-electron chi connectivity index (χ4n) is 3.14. The van der Waals surface area contributed by atoms with Crippen molar-refractivity contribution < 1.29 is 0 Å². The number of anilines is 2. The molecule has 0 fully saturated rings. The Hall–Kier alpha value is -3.98. The molecule has 0 amide bonds. The molecule has 2 aromatic heterocycles. The summed E-state index contributed by atoms with van der Waals surface area (Å²) >= 11 is 0. The summed E-state index contributed by atoms with van der Waals surface area (Å²) in [6.07, 6.45) is 4.98. The van der Waals surface area contributed by atoms with Gasteiger partial charge in [0.25, 0.3) is 0 Å². The Labute approximate surface area is 162 Å². The maximum Gasteiger partial charge on any atom is 0.219 e. The lowest BCUT2D eigenvalue weighted by atomic mass is 10.0.